The minimum absolute atomic E-state index is 0.150. The van der Waals surface area contributed by atoms with Crippen LogP contribution in [0.25, 0.3) is 66.1 Å². The van der Waals surface area contributed by atoms with Crippen LogP contribution < -0.4 is 10.6 Å². The van der Waals surface area contributed by atoms with E-state index < -0.39 is 0 Å². The molecule has 47 heavy (non-hydrogen) atoms. The van der Waals surface area contributed by atoms with Crippen LogP contribution in [0, 0.1) is 0 Å². The second-order valence-electron chi connectivity index (χ2n) is 12.3. The van der Waals surface area contributed by atoms with Gasteiger partial charge in [0.25, 0.3) is 0 Å². The van der Waals surface area contributed by atoms with E-state index in [0.717, 1.165) is 44.5 Å². The number of amidine groups is 1. The van der Waals surface area contributed by atoms with Crippen LogP contribution in [0.2, 0.25) is 0 Å². The van der Waals surface area contributed by atoms with Gasteiger partial charge in [-0.05, 0) is 67.4 Å². The molecule has 1 aliphatic heterocycles. The van der Waals surface area contributed by atoms with Crippen molar-refractivity contribution < 1.29 is 4.42 Å². The van der Waals surface area contributed by atoms with Crippen LogP contribution in [-0.4, -0.2) is 10.8 Å². The van der Waals surface area contributed by atoms with Gasteiger partial charge in [-0.1, -0.05) is 121 Å². The molecule has 2 aliphatic rings. The number of pyridine rings is 1. The molecule has 8 aromatic rings. The first-order valence-electron chi connectivity index (χ1n) is 16.0. The number of furan rings is 1. The summed E-state index contributed by atoms with van der Waals surface area (Å²) in [6.07, 6.45) is 3.24. The fraction of sp³-hybridized carbons (Fsp3) is 0.0476. The summed E-state index contributed by atoms with van der Waals surface area (Å²) < 4.78 is 6.16. The molecule has 222 valence electrons. The number of rotatable bonds is 4. The lowest BCUT2D eigenvalue weighted by molar-refractivity contribution is 0.409. The van der Waals surface area contributed by atoms with Crippen LogP contribution in [0.1, 0.15) is 29.0 Å². The first-order valence-corrected chi connectivity index (χ1v) is 16.0. The van der Waals surface area contributed by atoms with Crippen molar-refractivity contribution in [3.8, 4) is 33.4 Å². The Balaban J connectivity index is 1.04. The predicted molar refractivity (Wildman–Crippen MR) is 190 cm³/mol. The number of aromatic nitrogens is 1. The van der Waals surface area contributed by atoms with E-state index in [2.05, 4.69) is 125 Å². The zero-order valence-corrected chi connectivity index (χ0v) is 25.3. The monoisotopic (exact) mass is 604 g/mol. The van der Waals surface area contributed by atoms with Crippen LogP contribution in [0.3, 0.4) is 0 Å². The van der Waals surface area contributed by atoms with E-state index in [0.29, 0.717) is 0 Å². The van der Waals surface area contributed by atoms with Crippen LogP contribution in [0.5, 0.6) is 0 Å². The van der Waals surface area contributed by atoms with E-state index in [4.69, 9.17) is 9.41 Å². The largest absolute Gasteiger partial charge is 0.454 e. The van der Waals surface area contributed by atoms with E-state index in [1.165, 1.54) is 44.2 Å². The number of para-hydroxylation sites is 1. The van der Waals surface area contributed by atoms with Gasteiger partial charge in [-0.25, -0.2) is 4.99 Å². The highest BCUT2D eigenvalue weighted by atomic mass is 16.3. The third kappa shape index (κ3) is 4.14. The fourth-order valence-corrected chi connectivity index (χ4v) is 7.37. The Kier molecular flexibility index (Phi) is 5.71. The van der Waals surface area contributed by atoms with Crippen molar-refractivity contribution in [2.45, 2.75) is 12.3 Å². The number of nitrogens with zero attached hydrogens (tertiary/aromatic N) is 2. The molecule has 2 N–H and O–H groups in total. The van der Waals surface area contributed by atoms with Crippen molar-refractivity contribution in [2.75, 3.05) is 0 Å². The normalized spacial score (nSPS) is 16.7. The number of aliphatic imine (C=N–C) groups is 1. The van der Waals surface area contributed by atoms with Gasteiger partial charge in [0.1, 0.15) is 23.8 Å². The Labute approximate surface area is 271 Å². The molecule has 0 saturated heterocycles. The van der Waals surface area contributed by atoms with E-state index in [1.807, 2.05) is 30.5 Å². The zero-order valence-electron chi connectivity index (χ0n) is 25.3. The lowest BCUT2D eigenvalue weighted by Gasteiger charge is -2.32. The zero-order chi connectivity index (χ0) is 30.9. The van der Waals surface area contributed by atoms with Gasteiger partial charge >= 0.3 is 0 Å². The molecule has 0 spiro atoms. The molecule has 0 bridgehead atoms. The van der Waals surface area contributed by atoms with Gasteiger partial charge in [0.05, 0.1) is 6.20 Å². The van der Waals surface area contributed by atoms with Gasteiger partial charge in [-0.15, -0.1) is 0 Å². The van der Waals surface area contributed by atoms with Gasteiger partial charge in [0.15, 0.2) is 5.58 Å². The molecule has 3 heterocycles. The summed E-state index contributed by atoms with van der Waals surface area (Å²) in [5, 5.41) is 12.1. The molecule has 1 aliphatic carbocycles. The molecule has 2 atom stereocenters. The van der Waals surface area contributed by atoms with E-state index >= 15 is 0 Å². The molecule has 0 radical (unpaired) electrons. The molecule has 2 aromatic heterocycles. The average Bonchev–Trinajstić information content (AvgIpc) is 3.69. The van der Waals surface area contributed by atoms with Crippen LogP contribution in [0.15, 0.2) is 155 Å². The summed E-state index contributed by atoms with van der Waals surface area (Å²) in [5.41, 5.74) is 12.3. The van der Waals surface area contributed by atoms with Crippen molar-refractivity contribution in [1.82, 2.24) is 15.6 Å². The van der Waals surface area contributed by atoms with E-state index in [9.17, 15) is 0 Å². The molecule has 0 amide bonds. The topological polar surface area (TPSA) is 62.5 Å². The predicted octanol–water partition coefficient (Wildman–Crippen LogP) is 9.79. The minimum Gasteiger partial charge on any atom is -0.454 e. The van der Waals surface area contributed by atoms with E-state index in [1.54, 1.807) is 6.20 Å². The summed E-state index contributed by atoms with van der Waals surface area (Å²) in [4.78, 5) is 9.78. The lowest BCUT2D eigenvalue weighted by atomic mass is 9.96. The Morgan fingerprint density at radius 3 is 2.15 bits per heavy atom. The molecule has 0 saturated carbocycles. The number of benzene rings is 6. The third-order valence-corrected chi connectivity index (χ3v) is 9.60. The van der Waals surface area contributed by atoms with Crippen molar-refractivity contribution in [3.05, 3.63) is 163 Å². The fourth-order valence-electron chi connectivity index (χ4n) is 7.37. The average molecular weight is 605 g/mol. The summed E-state index contributed by atoms with van der Waals surface area (Å²) in [6.45, 7) is 0. The molecule has 10 rings (SSSR count). The highest BCUT2D eigenvalue weighted by Crippen LogP contribution is 2.48. The van der Waals surface area contributed by atoms with Crippen LogP contribution in [0.4, 0.5) is 0 Å². The Morgan fingerprint density at radius 1 is 0.532 bits per heavy atom. The summed E-state index contributed by atoms with van der Waals surface area (Å²) in [5.74, 6) is 0.781. The molecule has 5 nitrogen and oxygen atoms in total. The Morgan fingerprint density at radius 2 is 1.30 bits per heavy atom. The first-order chi connectivity index (χ1) is 23.3. The molecule has 5 heteroatoms. The lowest BCUT2D eigenvalue weighted by Crippen LogP contribution is -2.45. The summed E-state index contributed by atoms with van der Waals surface area (Å²) >= 11 is 0. The van der Waals surface area contributed by atoms with Crippen molar-refractivity contribution >= 4 is 38.5 Å². The van der Waals surface area contributed by atoms with Gasteiger partial charge in [-0.2, -0.15) is 0 Å². The second-order valence-corrected chi connectivity index (χ2v) is 12.3. The molecule has 0 fully saturated rings. The number of hydrogen-bond donors (Lipinski definition) is 2. The number of nitrogens with one attached hydrogen (secondary N) is 2. The maximum atomic E-state index is 6.16. The van der Waals surface area contributed by atoms with Gasteiger partial charge in [-0.3, -0.25) is 10.3 Å². The molecule has 2 unspecified atom stereocenters. The first kappa shape index (κ1) is 26.2. The highest BCUT2D eigenvalue weighted by molar-refractivity contribution is 6.18. The van der Waals surface area contributed by atoms with Crippen molar-refractivity contribution in [1.29, 1.82) is 0 Å². The SMILES string of the molecule is c1ccc(C2NC(c3cncc4oc5ccccc5c34)=NC(c3ccc(-c4ccc5c(c4)-c4cccc6cccc-5c46)cc3)N2)cc1. The molecular weight excluding hydrogens is 576 g/mol. The highest BCUT2D eigenvalue weighted by Gasteiger charge is 2.28. The Bertz CT molecular complexity index is 2530. The molecular formula is C42H28N4O. The summed E-state index contributed by atoms with van der Waals surface area (Å²) in [7, 11) is 0. The molecule has 6 aromatic carbocycles. The minimum atomic E-state index is -0.272. The Hall–Kier alpha value is -6.04. The maximum absolute atomic E-state index is 6.16. The number of hydrogen-bond acceptors (Lipinski definition) is 5. The third-order valence-electron chi connectivity index (χ3n) is 9.60. The van der Waals surface area contributed by atoms with Crippen molar-refractivity contribution in [3.63, 3.8) is 0 Å². The van der Waals surface area contributed by atoms with Crippen molar-refractivity contribution in [2.24, 2.45) is 4.99 Å². The van der Waals surface area contributed by atoms with E-state index in [-0.39, 0.29) is 12.3 Å². The number of fused-ring (bicyclic) bond motifs is 6. The quantitative estimate of drug-likeness (QED) is 0.210. The summed E-state index contributed by atoms with van der Waals surface area (Å²) in [6, 6.07) is 47.4. The van der Waals surface area contributed by atoms with Gasteiger partial charge in [0, 0.05) is 22.5 Å². The van der Waals surface area contributed by atoms with Crippen LogP contribution in [-0.2, 0) is 0 Å². The standard InChI is InChI=1S/C42H28N4O/c1-2-8-27(9-3-1)40-44-41(46-42(45-40)35-23-43-24-37-39(35)33-12-4-5-15-36(33)47-37)28-18-16-25(17-19-28)29-20-21-30-31-13-6-10-26-11-7-14-32(38(26)31)34(30)22-29/h1-24,40-41,44H,(H,45,46). The van der Waals surface area contributed by atoms with Crippen LogP contribution >= 0.6 is 0 Å². The maximum Gasteiger partial charge on any atom is 0.154 e. The smallest absolute Gasteiger partial charge is 0.154 e. The van der Waals surface area contributed by atoms with Gasteiger partial charge < -0.3 is 9.73 Å². The van der Waals surface area contributed by atoms with Gasteiger partial charge in [0.2, 0.25) is 0 Å². The second kappa shape index (κ2) is 10.2.